The maximum absolute atomic E-state index is 13.0. The molecule has 1 aromatic carbocycles. The first kappa shape index (κ1) is 21.4. The minimum Gasteiger partial charge on any atom is -0.312 e. The number of aryl methyl sites for hydroxylation is 1. The number of thiophene rings is 2. The smallest absolute Gasteiger partial charge is 0.270 e. The Morgan fingerprint density at radius 3 is 2.58 bits per heavy atom. The Morgan fingerprint density at radius 1 is 1.06 bits per heavy atom. The molecule has 2 amide bonds. The summed E-state index contributed by atoms with van der Waals surface area (Å²) in [5, 5.41) is 16.7. The van der Waals surface area contributed by atoms with Crippen LogP contribution in [0, 0.1) is 10.1 Å². The van der Waals surface area contributed by atoms with Crippen LogP contribution in [0.25, 0.3) is 10.1 Å². The van der Waals surface area contributed by atoms with Crippen molar-refractivity contribution in [2.45, 2.75) is 32.1 Å². The number of anilines is 1. The molecule has 0 saturated carbocycles. The minimum absolute atomic E-state index is 0.0121. The van der Waals surface area contributed by atoms with E-state index in [4.69, 9.17) is 0 Å². The molecule has 0 saturated heterocycles. The van der Waals surface area contributed by atoms with Gasteiger partial charge in [0.15, 0.2) is 0 Å². The number of nitrogens with one attached hydrogen (secondary N) is 2. The fourth-order valence-electron chi connectivity index (χ4n) is 3.75. The van der Waals surface area contributed by atoms with Gasteiger partial charge in [-0.05, 0) is 43.4 Å². The van der Waals surface area contributed by atoms with Gasteiger partial charge in [0, 0.05) is 41.2 Å². The molecule has 0 atom stereocenters. The van der Waals surface area contributed by atoms with Crippen molar-refractivity contribution in [1.29, 1.82) is 0 Å². The number of fused-ring (bicyclic) bond motifs is 2. The van der Waals surface area contributed by atoms with Crippen molar-refractivity contribution in [2.75, 3.05) is 19.4 Å². The third kappa shape index (κ3) is 4.46. The molecule has 162 valence electrons. The highest BCUT2D eigenvalue weighted by atomic mass is 32.1. The SMILES string of the molecule is CN(C)NC(=O)c1c(NC(=O)c2cc3cc([N+](=O)[O-])ccc3s2)sc2c1CCCCC2. The largest absolute Gasteiger partial charge is 0.312 e. The van der Waals surface area contributed by atoms with Gasteiger partial charge in [-0.2, -0.15) is 0 Å². The highest BCUT2D eigenvalue weighted by Gasteiger charge is 2.26. The molecule has 2 N–H and O–H groups in total. The normalized spacial score (nSPS) is 13.6. The van der Waals surface area contributed by atoms with E-state index in [1.165, 1.54) is 34.8 Å². The third-order valence-electron chi connectivity index (χ3n) is 5.14. The first-order chi connectivity index (χ1) is 14.8. The van der Waals surface area contributed by atoms with E-state index in [9.17, 15) is 19.7 Å². The van der Waals surface area contributed by atoms with Gasteiger partial charge in [0.1, 0.15) is 5.00 Å². The van der Waals surface area contributed by atoms with Crippen LogP contribution in [-0.4, -0.2) is 35.8 Å². The number of nitro groups is 1. The third-order valence-corrected chi connectivity index (χ3v) is 7.46. The van der Waals surface area contributed by atoms with Crippen LogP contribution in [0.3, 0.4) is 0 Å². The van der Waals surface area contributed by atoms with E-state index in [1.54, 1.807) is 31.2 Å². The van der Waals surface area contributed by atoms with Crippen LogP contribution in [0.5, 0.6) is 0 Å². The fraction of sp³-hybridized carbons (Fsp3) is 0.333. The summed E-state index contributed by atoms with van der Waals surface area (Å²) < 4.78 is 0.795. The monoisotopic (exact) mass is 458 g/mol. The topological polar surface area (TPSA) is 105 Å². The maximum atomic E-state index is 13.0. The van der Waals surface area contributed by atoms with Gasteiger partial charge < -0.3 is 5.32 Å². The van der Waals surface area contributed by atoms with Gasteiger partial charge >= 0.3 is 0 Å². The lowest BCUT2D eigenvalue weighted by Crippen LogP contribution is -2.36. The van der Waals surface area contributed by atoms with E-state index in [1.807, 2.05) is 0 Å². The van der Waals surface area contributed by atoms with Crippen molar-refractivity contribution in [3.63, 3.8) is 0 Å². The van der Waals surface area contributed by atoms with Gasteiger partial charge in [0.25, 0.3) is 17.5 Å². The molecule has 2 heterocycles. The summed E-state index contributed by atoms with van der Waals surface area (Å²) in [5.41, 5.74) is 4.36. The van der Waals surface area contributed by atoms with Crippen LogP contribution in [0.15, 0.2) is 24.3 Å². The van der Waals surface area contributed by atoms with Gasteiger partial charge in [-0.3, -0.25) is 25.1 Å². The number of rotatable bonds is 5. The molecule has 0 bridgehead atoms. The highest BCUT2D eigenvalue weighted by Crippen LogP contribution is 2.38. The molecular formula is C21H22N4O4S2. The van der Waals surface area contributed by atoms with Crippen LogP contribution in [0.4, 0.5) is 10.7 Å². The van der Waals surface area contributed by atoms with Crippen molar-refractivity contribution >= 4 is 55.3 Å². The Bertz CT molecular complexity index is 1180. The lowest BCUT2D eigenvalue weighted by Gasteiger charge is -2.14. The molecule has 8 nitrogen and oxygen atoms in total. The Labute approximate surface area is 187 Å². The number of carbonyl (C=O) groups is 2. The number of nitrogens with zero attached hydrogens (tertiary/aromatic N) is 2. The molecule has 0 unspecified atom stereocenters. The van der Waals surface area contributed by atoms with Gasteiger partial charge in [-0.15, -0.1) is 22.7 Å². The summed E-state index contributed by atoms with van der Waals surface area (Å²) in [6.45, 7) is 0. The van der Waals surface area contributed by atoms with Crippen molar-refractivity contribution in [3.8, 4) is 0 Å². The molecule has 31 heavy (non-hydrogen) atoms. The summed E-state index contributed by atoms with van der Waals surface area (Å²) >= 11 is 2.74. The minimum atomic E-state index is -0.453. The second-order valence-corrected chi connectivity index (χ2v) is 9.84. The first-order valence-electron chi connectivity index (χ1n) is 9.95. The van der Waals surface area contributed by atoms with Crippen LogP contribution in [-0.2, 0) is 12.8 Å². The number of nitro benzene ring substituents is 1. The summed E-state index contributed by atoms with van der Waals surface area (Å²) in [6.07, 6.45) is 4.96. The Hall–Kier alpha value is -2.82. The number of non-ortho nitro benzene ring substituents is 1. The van der Waals surface area contributed by atoms with Crippen molar-refractivity contribution < 1.29 is 14.5 Å². The van der Waals surface area contributed by atoms with Crippen LogP contribution < -0.4 is 10.7 Å². The zero-order chi connectivity index (χ0) is 22.1. The van der Waals surface area contributed by atoms with E-state index >= 15 is 0 Å². The Kier molecular flexibility index (Phi) is 6.03. The average Bonchev–Trinajstić information content (AvgIpc) is 3.21. The van der Waals surface area contributed by atoms with E-state index in [0.29, 0.717) is 20.8 Å². The second kappa shape index (κ2) is 8.74. The molecular weight excluding hydrogens is 436 g/mol. The molecule has 1 aliphatic rings. The first-order valence-corrected chi connectivity index (χ1v) is 11.6. The standard InChI is InChI=1S/C21H22N4O4S2/c1-24(2)23-20(27)18-14-6-4-3-5-7-16(14)31-21(18)22-19(26)17-11-12-10-13(25(28)29)8-9-15(12)30-17/h8-11H,3-7H2,1-2H3,(H,22,26)(H,23,27). The molecule has 2 aromatic heterocycles. The fourth-order valence-corrected chi connectivity index (χ4v) is 5.97. The van der Waals surface area contributed by atoms with Crippen LogP contribution in [0.2, 0.25) is 0 Å². The lowest BCUT2D eigenvalue weighted by molar-refractivity contribution is -0.384. The Balaban J connectivity index is 1.66. The van der Waals surface area contributed by atoms with E-state index in [0.717, 1.165) is 47.2 Å². The molecule has 0 aliphatic heterocycles. The number of carbonyl (C=O) groups excluding carboxylic acids is 2. The van der Waals surface area contributed by atoms with Crippen LogP contribution >= 0.6 is 22.7 Å². The average molecular weight is 459 g/mol. The molecule has 0 spiro atoms. The van der Waals surface area contributed by atoms with Gasteiger partial charge in [0.05, 0.1) is 15.4 Å². The molecule has 10 heteroatoms. The van der Waals surface area contributed by atoms with Gasteiger partial charge in [-0.25, -0.2) is 5.01 Å². The number of benzene rings is 1. The van der Waals surface area contributed by atoms with Crippen molar-refractivity contribution in [1.82, 2.24) is 10.4 Å². The van der Waals surface area contributed by atoms with Crippen molar-refractivity contribution in [3.05, 3.63) is 55.3 Å². The number of hydrogen-bond donors (Lipinski definition) is 2. The second-order valence-electron chi connectivity index (χ2n) is 7.65. The van der Waals surface area contributed by atoms with E-state index in [-0.39, 0.29) is 17.5 Å². The van der Waals surface area contributed by atoms with Gasteiger partial charge in [0.2, 0.25) is 0 Å². The number of amides is 2. The summed E-state index contributed by atoms with van der Waals surface area (Å²) in [5.74, 6) is -0.550. The summed E-state index contributed by atoms with van der Waals surface area (Å²) in [6, 6.07) is 6.20. The molecule has 1 aliphatic carbocycles. The summed E-state index contributed by atoms with van der Waals surface area (Å²) in [7, 11) is 3.50. The predicted molar refractivity (Wildman–Crippen MR) is 123 cm³/mol. The predicted octanol–water partition coefficient (Wildman–Crippen LogP) is 4.60. The number of hydrogen-bond acceptors (Lipinski definition) is 7. The Morgan fingerprint density at radius 2 is 1.84 bits per heavy atom. The maximum Gasteiger partial charge on any atom is 0.270 e. The summed E-state index contributed by atoms with van der Waals surface area (Å²) in [4.78, 5) is 38.1. The molecule has 0 fully saturated rings. The number of hydrazine groups is 1. The highest BCUT2D eigenvalue weighted by molar-refractivity contribution is 7.21. The van der Waals surface area contributed by atoms with Gasteiger partial charge in [-0.1, -0.05) is 6.42 Å². The van der Waals surface area contributed by atoms with E-state index in [2.05, 4.69) is 10.7 Å². The lowest BCUT2D eigenvalue weighted by atomic mass is 10.1. The zero-order valence-corrected chi connectivity index (χ0v) is 18.8. The molecule has 0 radical (unpaired) electrons. The molecule has 4 rings (SSSR count). The zero-order valence-electron chi connectivity index (χ0n) is 17.2. The molecule has 3 aromatic rings. The van der Waals surface area contributed by atoms with E-state index < -0.39 is 4.92 Å². The van der Waals surface area contributed by atoms with Crippen LogP contribution in [0.1, 0.15) is 49.7 Å². The quantitative estimate of drug-likeness (QED) is 0.330. The van der Waals surface area contributed by atoms with Crippen molar-refractivity contribution in [2.24, 2.45) is 0 Å².